The van der Waals surface area contributed by atoms with Crippen molar-refractivity contribution in [2.45, 2.75) is 32.2 Å². The molecule has 174 valence electrons. The first kappa shape index (κ1) is 23.2. The number of sulfonamides is 1. The number of nitrogens with zero attached hydrogens (tertiary/aromatic N) is 2. The number of nitrogens with one attached hydrogen (secondary N) is 1. The molecule has 0 bridgehead atoms. The monoisotopic (exact) mass is 467 g/mol. The third-order valence-electron chi connectivity index (χ3n) is 6.20. The van der Waals surface area contributed by atoms with Gasteiger partial charge in [-0.1, -0.05) is 42.5 Å². The van der Waals surface area contributed by atoms with E-state index in [1.165, 1.54) is 9.71 Å². The number of carbonyl (C=O) groups is 2. The van der Waals surface area contributed by atoms with Crippen molar-refractivity contribution < 1.29 is 18.0 Å². The molecule has 2 aliphatic heterocycles. The highest BCUT2D eigenvalue weighted by atomic mass is 32.2. The van der Waals surface area contributed by atoms with Crippen LogP contribution in [0, 0.1) is 5.92 Å². The largest absolute Gasteiger partial charge is 0.352 e. The first-order valence-electron chi connectivity index (χ1n) is 11.3. The van der Waals surface area contributed by atoms with Gasteiger partial charge in [-0.3, -0.25) is 9.59 Å². The Morgan fingerprint density at radius 1 is 1.00 bits per heavy atom. The smallest absolute Gasteiger partial charge is 0.236 e. The lowest BCUT2D eigenvalue weighted by molar-refractivity contribution is -0.126. The molecule has 0 aliphatic carbocycles. The van der Waals surface area contributed by atoms with Crippen LogP contribution in [-0.4, -0.2) is 44.2 Å². The summed E-state index contributed by atoms with van der Waals surface area (Å²) in [5.41, 5.74) is 2.68. The Labute approximate surface area is 195 Å². The summed E-state index contributed by atoms with van der Waals surface area (Å²) in [6, 6.07) is 17.0. The lowest BCUT2D eigenvalue weighted by atomic mass is 9.97. The Morgan fingerprint density at radius 2 is 1.70 bits per heavy atom. The molecule has 2 aromatic rings. The highest BCUT2D eigenvalue weighted by molar-refractivity contribution is 7.92. The Morgan fingerprint density at radius 3 is 2.33 bits per heavy atom. The van der Waals surface area contributed by atoms with Gasteiger partial charge >= 0.3 is 0 Å². The number of piperidine rings is 1. The standard InChI is InChI=1S/C25H29N3O4S/c29-24-7-4-15-28(24)23-10-8-21(9-11-23)19-26-25(30)22-12-16-27(17-13-22)33(31,32)18-14-20-5-2-1-3-6-20/h1-3,5-6,8-11,14,18,22H,4,7,12-13,15-17,19H2,(H,26,30). The van der Waals surface area contributed by atoms with Crippen LogP contribution < -0.4 is 10.2 Å². The van der Waals surface area contributed by atoms with Gasteiger partial charge in [0.1, 0.15) is 0 Å². The summed E-state index contributed by atoms with van der Waals surface area (Å²) in [4.78, 5) is 26.3. The average Bonchev–Trinajstić information content (AvgIpc) is 3.28. The second kappa shape index (κ2) is 10.3. The van der Waals surface area contributed by atoms with Crippen molar-refractivity contribution in [1.82, 2.24) is 9.62 Å². The molecular formula is C25H29N3O4S. The average molecular weight is 468 g/mol. The Balaban J connectivity index is 1.24. The van der Waals surface area contributed by atoms with Crippen molar-refractivity contribution in [1.29, 1.82) is 0 Å². The van der Waals surface area contributed by atoms with Crippen LogP contribution in [0.5, 0.6) is 0 Å². The van der Waals surface area contributed by atoms with Crippen molar-refractivity contribution in [3.63, 3.8) is 0 Å². The van der Waals surface area contributed by atoms with Gasteiger partial charge in [-0.2, -0.15) is 4.31 Å². The predicted octanol–water partition coefficient (Wildman–Crippen LogP) is 3.14. The molecule has 33 heavy (non-hydrogen) atoms. The van der Waals surface area contributed by atoms with Gasteiger partial charge in [0.2, 0.25) is 21.8 Å². The first-order valence-corrected chi connectivity index (χ1v) is 12.8. The van der Waals surface area contributed by atoms with Crippen molar-refractivity contribution >= 4 is 33.6 Å². The van der Waals surface area contributed by atoms with Crippen molar-refractivity contribution in [3.8, 4) is 0 Å². The predicted molar refractivity (Wildman–Crippen MR) is 129 cm³/mol. The van der Waals surface area contributed by atoms with E-state index in [1.54, 1.807) is 11.0 Å². The molecule has 2 saturated heterocycles. The van der Waals surface area contributed by atoms with Crippen LogP contribution in [0.4, 0.5) is 5.69 Å². The molecule has 0 aromatic heterocycles. The van der Waals surface area contributed by atoms with E-state index in [0.717, 1.165) is 29.8 Å². The van der Waals surface area contributed by atoms with Gasteiger partial charge in [0.05, 0.1) is 0 Å². The van der Waals surface area contributed by atoms with Crippen LogP contribution >= 0.6 is 0 Å². The van der Waals surface area contributed by atoms with E-state index in [1.807, 2.05) is 54.6 Å². The van der Waals surface area contributed by atoms with Crippen molar-refractivity contribution in [2.24, 2.45) is 5.92 Å². The highest BCUT2D eigenvalue weighted by Crippen LogP contribution is 2.23. The van der Waals surface area contributed by atoms with Gasteiger partial charge in [0.15, 0.2) is 0 Å². The van der Waals surface area contributed by atoms with Crippen LogP contribution in [-0.2, 0) is 26.2 Å². The van der Waals surface area contributed by atoms with Gasteiger partial charge < -0.3 is 10.2 Å². The number of benzene rings is 2. The molecule has 2 aliphatic rings. The number of amides is 2. The molecular weight excluding hydrogens is 438 g/mol. The lowest BCUT2D eigenvalue weighted by Crippen LogP contribution is -2.42. The quantitative estimate of drug-likeness (QED) is 0.678. The number of hydrogen-bond acceptors (Lipinski definition) is 4. The van der Waals surface area contributed by atoms with Gasteiger partial charge in [-0.05, 0) is 48.6 Å². The Hall–Kier alpha value is -2.97. The van der Waals surface area contributed by atoms with E-state index in [4.69, 9.17) is 0 Å². The number of carbonyl (C=O) groups excluding carboxylic acids is 2. The molecule has 2 amide bonds. The molecule has 2 heterocycles. The molecule has 8 heteroatoms. The van der Waals surface area contributed by atoms with Crippen molar-refractivity contribution in [3.05, 3.63) is 71.1 Å². The van der Waals surface area contributed by atoms with Crippen molar-refractivity contribution in [2.75, 3.05) is 24.5 Å². The van der Waals surface area contributed by atoms with Gasteiger partial charge in [0.25, 0.3) is 0 Å². The van der Waals surface area contributed by atoms with E-state index >= 15 is 0 Å². The highest BCUT2D eigenvalue weighted by Gasteiger charge is 2.29. The Bertz CT molecular complexity index is 1110. The second-order valence-electron chi connectivity index (χ2n) is 8.46. The molecule has 4 rings (SSSR count). The minimum Gasteiger partial charge on any atom is -0.352 e. The number of hydrogen-bond donors (Lipinski definition) is 1. The first-order chi connectivity index (χ1) is 15.9. The fraction of sp³-hybridized carbons (Fsp3) is 0.360. The van der Waals surface area contributed by atoms with Crippen LogP contribution in [0.3, 0.4) is 0 Å². The third-order valence-corrected chi connectivity index (χ3v) is 7.77. The summed E-state index contributed by atoms with van der Waals surface area (Å²) in [6.45, 7) is 1.83. The second-order valence-corrected chi connectivity index (χ2v) is 10.3. The van der Waals surface area contributed by atoms with E-state index in [-0.39, 0.29) is 17.7 Å². The van der Waals surface area contributed by atoms with Gasteiger partial charge in [0, 0.05) is 49.6 Å². The van der Waals surface area contributed by atoms with Crippen LogP contribution in [0.25, 0.3) is 6.08 Å². The lowest BCUT2D eigenvalue weighted by Gasteiger charge is -2.29. The zero-order chi connectivity index (χ0) is 23.3. The minimum absolute atomic E-state index is 0.0503. The maximum atomic E-state index is 12.6. The normalized spacial score (nSPS) is 18.2. The zero-order valence-corrected chi connectivity index (χ0v) is 19.3. The van der Waals surface area contributed by atoms with Crippen LogP contribution in [0.2, 0.25) is 0 Å². The summed E-state index contributed by atoms with van der Waals surface area (Å²) in [5.74, 6) is -0.0957. The van der Waals surface area contributed by atoms with E-state index in [9.17, 15) is 18.0 Å². The number of rotatable bonds is 7. The minimum atomic E-state index is -3.51. The molecule has 0 unspecified atom stereocenters. The summed E-state index contributed by atoms with van der Waals surface area (Å²) in [5, 5.41) is 4.20. The molecule has 0 spiro atoms. The molecule has 2 fully saturated rings. The fourth-order valence-corrected chi connectivity index (χ4v) is 5.46. The fourth-order valence-electron chi connectivity index (χ4n) is 4.24. The van der Waals surface area contributed by atoms with E-state index in [2.05, 4.69) is 5.32 Å². The van der Waals surface area contributed by atoms with Gasteiger partial charge in [-0.15, -0.1) is 0 Å². The zero-order valence-electron chi connectivity index (χ0n) is 18.5. The van der Waals surface area contributed by atoms with Crippen LogP contribution in [0.1, 0.15) is 36.8 Å². The number of anilines is 1. The summed E-state index contributed by atoms with van der Waals surface area (Å²) < 4.78 is 26.6. The summed E-state index contributed by atoms with van der Waals surface area (Å²) in [7, 11) is -3.51. The topological polar surface area (TPSA) is 86.8 Å². The van der Waals surface area contributed by atoms with Gasteiger partial charge in [-0.25, -0.2) is 8.42 Å². The molecule has 0 saturated carbocycles. The maximum Gasteiger partial charge on any atom is 0.236 e. The molecule has 7 nitrogen and oxygen atoms in total. The van der Waals surface area contributed by atoms with E-state index in [0.29, 0.717) is 38.9 Å². The maximum absolute atomic E-state index is 12.6. The molecule has 1 N–H and O–H groups in total. The molecule has 2 aromatic carbocycles. The molecule has 0 atom stereocenters. The van der Waals surface area contributed by atoms with Crippen LogP contribution in [0.15, 0.2) is 60.0 Å². The Kier molecular flexibility index (Phi) is 7.25. The SMILES string of the molecule is O=C(NCc1ccc(N2CCCC2=O)cc1)C1CCN(S(=O)(=O)C=Cc2ccccc2)CC1. The summed E-state index contributed by atoms with van der Waals surface area (Å²) in [6.07, 6.45) is 4.08. The van der Waals surface area contributed by atoms with E-state index < -0.39 is 10.0 Å². The summed E-state index contributed by atoms with van der Waals surface area (Å²) >= 11 is 0. The molecule has 0 radical (unpaired) electrons. The third kappa shape index (κ3) is 5.89.